The van der Waals surface area contributed by atoms with Crippen LogP contribution in [-0.4, -0.2) is 48.1 Å². The smallest absolute Gasteiger partial charge is 0.240 e. The maximum Gasteiger partial charge on any atom is 0.240 e. The Morgan fingerprint density at radius 3 is 2.94 bits per heavy atom. The quantitative estimate of drug-likeness (QED) is 0.502. The van der Waals surface area contributed by atoms with Crippen molar-refractivity contribution in [1.82, 2.24) is 14.9 Å². The number of benzene rings is 2. The molecule has 0 spiro atoms. The molecular weight excluding hydrogens is 426 g/mol. The van der Waals surface area contributed by atoms with Gasteiger partial charge in [-0.2, -0.15) is 11.8 Å². The highest BCUT2D eigenvalue weighted by Crippen LogP contribution is 2.29. The number of nitrogens with zero attached hydrogens (tertiary/aromatic N) is 2. The molecule has 0 saturated carbocycles. The first kappa shape index (κ1) is 22.5. The van der Waals surface area contributed by atoms with Crippen molar-refractivity contribution >= 4 is 28.7 Å². The van der Waals surface area contributed by atoms with E-state index in [-0.39, 0.29) is 18.6 Å². The van der Waals surface area contributed by atoms with Crippen LogP contribution in [0, 0.1) is 0 Å². The number of para-hydroxylation sites is 2. The van der Waals surface area contributed by atoms with E-state index in [1.165, 1.54) is 0 Å². The largest absolute Gasteiger partial charge is 0.493 e. The van der Waals surface area contributed by atoms with Gasteiger partial charge >= 0.3 is 0 Å². The first-order valence-electron chi connectivity index (χ1n) is 10.8. The summed E-state index contributed by atoms with van der Waals surface area (Å²) in [7, 11) is 1.62. The minimum atomic E-state index is -0.0619. The van der Waals surface area contributed by atoms with Crippen molar-refractivity contribution < 1.29 is 19.0 Å². The van der Waals surface area contributed by atoms with Gasteiger partial charge in [-0.25, -0.2) is 4.98 Å². The third kappa shape index (κ3) is 5.37. The van der Waals surface area contributed by atoms with Gasteiger partial charge in [0, 0.05) is 13.2 Å². The van der Waals surface area contributed by atoms with Gasteiger partial charge in [-0.05, 0) is 48.9 Å². The molecule has 1 aliphatic rings. The van der Waals surface area contributed by atoms with Gasteiger partial charge < -0.3 is 24.1 Å². The molecule has 4 rings (SSSR count). The van der Waals surface area contributed by atoms with Crippen LogP contribution in [-0.2, 0) is 28.4 Å². The van der Waals surface area contributed by atoms with Crippen LogP contribution >= 0.6 is 11.8 Å². The number of nitrogens with one attached hydrogen (secondary N) is 1. The van der Waals surface area contributed by atoms with E-state index in [2.05, 4.69) is 10.3 Å². The fourth-order valence-electron chi connectivity index (χ4n) is 3.84. The lowest BCUT2D eigenvalue weighted by Crippen LogP contribution is -2.27. The minimum Gasteiger partial charge on any atom is -0.493 e. The second-order valence-corrected chi connectivity index (χ2v) is 8.61. The molecule has 0 aliphatic carbocycles. The Morgan fingerprint density at radius 1 is 1.28 bits per heavy atom. The summed E-state index contributed by atoms with van der Waals surface area (Å²) < 4.78 is 19.0. The Labute approximate surface area is 192 Å². The second kappa shape index (κ2) is 10.7. The first-order valence-corrected chi connectivity index (χ1v) is 12.2. The molecule has 1 fully saturated rings. The summed E-state index contributed by atoms with van der Waals surface area (Å²) in [6, 6.07) is 13.6. The number of hydrogen-bond acceptors (Lipinski definition) is 6. The Bertz CT molecular complexity index is 1060. The third-order valence-electron chi connectivity index (χ3n) is 5.48. The highest BCUT2D eigenvalue weighted by atomic mass is 32.2. The third-order valence-corrected chi connectivity index (χ3v) is 6.02. The average molecular weight is 456 g/mol. The molecule has 2 aromatic carbocycles. The number of rotatable bonds is 10. The Kier molecular flexibility index (Phi) is 7.55. The van der Waals surface area contributed by atoms with Gasteiger partial charge in [0.15, 0.2) is 11.5 Å². The van der Waals surface area contributed by atoms with Crippen molar-refractivity contribution in [3.63, 3.8) is 0 Å². The van der Waals surface area contributed by atoms with Gasteiger partial charge in [-0.1, -0.05) is 18.2 Å². The van der Waals surface area contributed by atoms with Gasteiger partial charge in [0.1, 0.15) is 19.0 Å². The Balaban J connectivity index is 1.37. The maximum atomic E-state index is 12.7. The number of carbonyl (C=O) groups is 1. The number of methoxy groups -OCH3 is 1. The number of hydrogen-bond donors (Lipinski definition) is 1. The lowest BCUT2D eigenvalue weighted by molar-refractivity contribution is -0.121. The highest BCUT2D eigenvalue weighted by Gasteiger charge is 2.17. The minimum absolute atomic E-state index is 0.0619. The summed E-state index contributed by atoms with van der Waals surface area (Å²) in [5.41, 5.74) is 2.83. The first-order chi connectivity index (χ1) is 15.7. The van der Waals surface area contributed by atoms with E-state index in [9.17, 15) is 4.79 Å². The zero-order chi connectivity index (χ0) is 22.3. The zero-order valence-corrected chi connectivity index (χ0v) is 19.3. The van der Waals surface area contributed by atoms with Gasteiger partial charge in [0.05, 0.1) is 30.0 Å². The molecule has 1 unspecified atom stereocenters. The van der Waals surface area contributed by atoms with Gasteiger partial charge in [0.2, 0.25) is 5.91 Å². The molecule has 1 amide bonds. The summed E-state index contributed by atoms with van der Waals surface area (Å²) in [5.74, 6) is 2.94. The molecule has 170 valence electrons. The maximum absolute atomic E-state index is 12.7. The van der Waals surface area contributed by atoms with E-state index in [1.807, 2.05) is 53.3 Å². The summed E-state index contributed by atoms with van der Waals surface area (Å²) in [6.45, 7) is 1.96. The molecule has 1 aromatic heterocycles. The number of aromatic nitrogens is 2. The van der Waals surface area contributed by atoms with Crippen LogP contribution in [0.3, 0.4) is 0 Å². The number of carbonyl (C=O) groups excluding carboxylic acids is 1. The topological polar surface area (TPSA) is 74.6 Å². The van der Waals surface area contributed by atoms with Crippen molar-refractivity contribution in [2.24, 2.45) is 0 Å². The molecular formula is C24H29N3O4S. The molecule has 0 radical (unpaired) electrons. The molecule has 8 heteroatoms. The van der Waals surface area contributed by atoms with Crippen LogP contribution in [0.5, 0.6) is 11.5 Å². The summed E-state index contributed by atoms with van der Waals surface area (Å²) >= 11 is 1.69. The van der Waals surface area contributed by atoms with E-state index in [0.717, 1.165) is 47.6 Å². The van der Waals surface area contributed by atoms with E-state index in [1.54, 1.807) is 18.9 Å². The van der Waals surface area contributed by atoms with Crippen molar-refractivity contribution in [2.75, 3.05) is 26.6 Å². The summed E-state index contributed by atoms with van der Waals surface area (Å²) in [6.07, 6.45) is 4.29. The second-order valence-electron chi connectivity index (χ2n) is 7.74. The molecule has 1 aliphatic heterocycles. The average Bonchev–Trinajstić information content (AvgIpc) is 3.45. The van der Waals surface area contributed by atoms with Crippen LogP contribution in [0.15, 0.2) is 42.5 Å². The van der Waals surface area contributed by atoms with E-state index >= 15 is 0 Å². The molecule has 3 aromatic rings. The predicted octanol–water partition coefficient (Wildman–Crippen LogP) is 3.78. The normalized spacial score (nSPS) is 15.8. The summed E-state index contributed by atoms with van der Waals surface area (Å²) in [5, 5.41) is 3.01. The molecule has 1 atom stereocenters. The highest BCUT2D eigenvalue weighted by molar-refractivity contribution is 7.97. The standard InChI is InChI=1S/C24H29N3O4S/c1-29-22-12-17(9-10-21(22)31-15-18-6-5-11-30-18)13-25-24(28)14-27-20-8-4-3-7-19(20)26-23(27)16-32-2/h3-4,7-10,12,18H,5-6,11,13-16H2,1-2H3,(H,25,28). The van der Waals surface area contributed by atoms with Gasteiger partial charge in [0.25, 0.3) is 0 Å². The van der Waals surface area contributed by atoms with Crippen molar-refractivity contribution in [1.29, 1.82) is 0 Å². The molecule has 1 N–H and O–H groups in total. The van der Waals surface area contributed by atoms with Crippen molar-refractivity contribution in [3.8, 4) is 11.5 Å². The SMILES string of the molecule is COc1cc(CNC(=O)Cn2c(CSC)nc3ccccc32)ccc1OCC1CCCO1. The Morgan fingerprint density at radius 2 is 2.16 bits per heavy atom. The fourth-order valence-corrected chi connectivity index (χ4v) is 4.32. The number of thioether (sulfide) groups is 1. The number of fused-ring (bicyclic) bond motifs is 1. The van der Waals surface area contributed by atoms with Crippen LogP contribution in [0.4, 0.5) is 0 Å². The molecule has 32 heavy (non-hydrogen) atoms. The van der Waals surface area contributed by atoms with E-state index in [0.29, 0.717) is 24.7 Å². The zero-order valence-electron chi connectivity index (χ0n) is 18.5. The van der Waals surface area contributed by atoms with Gasteiger partial charge in [-0.3, -0.25) is 4.79 Å². The summed E-state index contributed by atoms with van der Waals surface area (Å²) in [4.78, 5) is 17.4. The lowest BCUT2D eigenvalue weighted by atomic mass is 10.2. The van der Waals surface area contributed by atoms with Crippen molar-refractivity contribution in [3.05, 3.63) is 53.9 Å². The van der Waals surface area contributed by atoms with Gasteiger partial charge in [-0.15, -0.1) is 0 Å². The lowest BCUT2D eigenvalue weighted by Gasteiger charge is -2.15. The molecule has 7 nitrogen and oxygen atoms in total. The molecule has 2 heterocycles. The predicted molar refractivity (Wildman–Crippen MR) is 126 cm³/mol. The van der Waals surface area contributed by atoms with Crippen LogP contribution in [0.1, 0.15) is 24.2 Å². The molecule has 0 bridgehead atoms. The fraction of sp³-hybridized carbons (Fsp3) is 0.417. The Hall–Kier alpha value is -2.71. The van der Waals surface area contributed by atoms with E-state index in [4.69, 9.17) is 14.2 Å². The van der Waals surface area contributed by atoms with Crippen LogP contribution in [0.25, 0.3) is 11.0 Å². The molecule has 1 saturated heterocycles. The monoisotopic (exact) mass is 455 g/mol. The van der Waals surface area contributed by atoms with Crippen LogP contribution < -0.4 is 14.8 Å². The number of amides is 1. The van der Waals surface area contributed by atoms with E-state index < -0.39 is 0 Å². The number of ether oxygens (including phenoxy) is 3. The van der Waals surface area contributed by atoms with Crippen LogP contribution in [0.2, 0.25) is 0 Å². The van der Waals surface area contributed by atoms with Crippen molar-refractivity contribution in [2.45, 2.75) is 37.8 Å². The number of imidazole rings is 1.